The zero-order valence-corrected chi connectivity index (χ0v) is 14.2. The Morgan fingerprint density at radius 1 is 1.12 bits per heavy atom. The number of ether oxygens (including phenoxy) is 1. The summed E-state index contributed by atoms with van der Waals surface area (Å²) < 4.78 is 6.48. The molecule has 0 unspecified atom stereocenters. The molecule has 1 aromatic rings. The van der Waals surface area contributed by atoms with E-state index in [9.17, 15) is 0 Å². The molecule has 3 nitrogen and oxygen atoms in total. The second-order valence-electron chi connectivity index (χ2n) is 9.18. The van der Waals surface area contributed by atoms with Crippen LogP contribution in [0.25, 0.3) is 0 Å². The van der Waals surface area contributed by atoms with Crippen LogP contribution in [0.1, 0.15) is 31.2 Å². The molecule has 1 saturated carbocycles. The first-order valence-electron chi connectivity index (χ1n) is 10.1. The van der Waals surface area contributed by atoms with Crippen LogP contribution in [-0.2, 0) is 10.2 Å². The molecule has 7 rings (SSSR count). The van der Waals surface area contributed by atoms with Crippen LogP contribution in [0.4, 0.5) is 5.69 Å². The van der Waals surface area contributed by atoms with Gasteiger partial charge in [0.1, 0.15) is 0 Å². The smallest absolute Gasteiger partial charge is 0.0642 e. The Labute approximate surface area is 144 Å². The van der Waals surface area contributed by atoms with E-state index in [0.29, 0.717) is 17.6 Å². The van der Waals surface area contributed by atoms with Gasteiger partial charge in [0, 0.05) is 48.8 Å². The molecule has 1 spiro atoms. The van der Waals surface area contributed by atoms with Crippen LogP contribution >= 0.6 is 0 Å². The van der Waals surface area contributed by atoms with Gasteiger partial charge in [-0.2, -0.15) is 0 Å². The van der Waals surface area contributed by atoms with Crippen molar-refractivity contribution in [2.45, 2.75) is 49.3 Å². The van der Waals surface area contributed by atoms with Crippen LogP contribution in [0, 0.1) is 17.8 Å². The maximum atomic E-state index is 6.48. The van der Waals surface area contributed by atoms with Gasteiger partial charge in [-0.1, -0.05) is 18.2 Å². The van der Waals surface area contributed by atoms with Crippen molar-refractivity contribution in [3.8, 4) is 0 Å². The van der Waals surface area contributed by atoms with Gasteiger partial charge in [0.2, 0.25) is 0 Å². The molecule has 1 aromatic carbocycles. The molecule has 0 amide bonds. The minimum atomic E-state index is 0.398. The quantitative estimate of drug-likeness (QED) is 0.730. The molecular formula is C21H26N2O. The van der Waals surface area contributed by atoms with Crippen molar-refractivity contribution < 1.29 is 4.74 Å². The van der Waals surface area contributed by atoms with Crippen molar-refractivity contribution in [1.82, 2.24) is 4.90 Å². The van der Waals surface area contributed by atoms with Gasteiger partial charge in [0.15, 0.2) is 0 Å². The topological polar surface area (TPSA) is 15.7 Å². The third kappa shape index (κ3) is 1.27. The Hall–Kier alpha value is -1.06. The third-order valence-corrected chi connectivity index (χ3v) is 8.76. The lowest BCUT2D eigenvalue weighted by molar-refractivity contribution is -0.0752. The number of hydrogen-bond acceptors (Lipinski definition) is 3. The lowest BCUT2D eigenvalue weighted by Gasteiger charge is -2.60. The Morgan fingerprint density at radius 2 is 2.08 bits per heavy atom. The first kappa shape index (κ1) is 13.2. The first-order valence-corrected chi connectivity index (χ1v) is 10.1. The number of hydrogen-bond donors (Lipinski definition) is 0. The predicted molar refractivity (Wildman–Crippen MR) is 93.3 cm³/mol. The van der Waals surface area contributed by atoms with Gasteiger partial charge in [0.25, 0.3) is 0 Å². The maximum absolute atomic E-state index is 6.48. The van der Waals surface area contributed by atoms with Gasteiger partial charge in [-0.25, -0.2) is 0 Å². The fourth-order valence-electron chi connectivity index (χ4n) is 8.13. The number of rotatable bonds is 0. The fraction of sp³-hybridized carbons (Fsp3) is 0.714. The minimum Gasteiger partial charge on any atom is -0.378 e. The van der Waals surface area contributed by atoms with E-state index in [4.69, 9.17) is 4.74 Å². The Morgan fingerprint density at radius 3 is 3.08 bits per heavy atom. The zero-order valence-electron chi connectivity index (χ0n) is 14.2. The van der Waals surface area contributed by atoms with Gasteiger partial charge in [-0.15, -0.1) is 0 Å². The standard InChI is InChI=1S/C21H26N2O/c1-2-4-16-15(3-1)21-7-9-22-12-13-6-10-24-17-5-8-23(16)20(21)19(17)14(13)11-18(21)22/h1-4,13-14,17-20H,5-12H2/t13-,14+,17+,18+,19+,20+,21-/m1/s1. The van der Waals surface area contributed by atoms with Crippen molar-refractivity contribution in [1.29, 1.82) is 0 Å². The van der Waals surface area contributed by atoms with E-state index in [0.717, 1.165) is 30.4 Å². The molecule has 2 bridgehead atoms. The highest BCUT2D eigenvalue weighted by Crippen LogP contribution is 2.65. The zero-order chi connectivity index (χ0) is 15.5. The Balaban J connectivity index is 1.51. The van der Waals surface area contributed by atoms with Gasteiger partial charge in [-0.3, -0.25) is 4.90 Å². The molecule has 5 aliphatic heterocycles. The molecule has 6 aliphatic rings. The van der Waals surface area contributed by atoms with Crippen molar-refractivity contribution >= 4 is 5.69 Å². The van der Waals surface area contributed by atoms with E-state index in [1.54, 1.807) is 11.3 Å². The van der Waals surface area contributed by atoms with Crippen LogP contribution in [0.5, 0.6) is 0 Å². The molecule has 1 aliphatic carbocycles. The van der Waals surface area contributed by atoms with Gasteiger partial charge >= 0.3 is 0 Å². The molecule has 126 valence electrons. The van der Waals surface area contributed by atoms with E-state index in [-0.39, 0.29) is 0 Å². The highest BCUT2D eigenvalue weighted by atomic mass is 16.5. The second-order valence-corrected chi connectivity index (χ2v) is 9.18. The molecule has 0 radical (unpaired) electrons. The highest BCUT2D eigenvalue weighted by molar-refractivity contribution is 5.67. The Bertz CT molecular complexity index is 720. The predicted octanol–water partition coefficient (Wildman–Crippen LogP) is 2.65. The fourth-order valence-corrected chi connectivity index (χ4v) is 8.13. The average Bonchev–Trinajstić information content (AvgIpc) is 3.08. The summed E-state index contributed by atoms with van der Waals surface area (Å²) in [6, 6.07) is 10.9. The molecule has 5 fully saturated rings. The average molecular weight is 322 g/mol. The monoisotopic (exact) mass is 322 g/mol. The number of benzene rings is 1. The van der Waals surface area contributed by atoms with E-state index < -0.39 is 0 Å². The summed E-state index contributed by atoms with van der Waals surface area (Å²) in [5.41, 5.74) is 3.65. The summed E-state index contributed by atoms with van der Waals surface area (Å²) in [6.07, 6.45) is 5.88. The highest BCUT2D eigenvalue weighted by Gasteiger charge is 2.70. The number of nitrogens with zero attached hydrogens (tertiary/aromatic N) is 2. The summed E-state index contributed by atoms with van der Waals surface area (Å²) in [5, 5.41) is 0. The van der Waals surface area contributed by atoms with Crippen molar-refractivity contribution in [3.05, 3.63) is 29.8 Å². The van der Waals surface area contributed by atoms with Gasteiger partial charge in [0.05, 0.1) is 6.10 Å². The van der Waals surface area contributed by atoms with Crippen LogP contribution in [0.2, 0.25) is 0 Å². The van der Waals surface area contributed by atoms with E-state index in [1.807, 2.05) is 0 Å². The number of para-hydroxylation sites is 1. The van der Waals surface area contributed by atoms with Crippen LogP contribution in [0.3, 0.4) is 0 Å². The van der Waals surface area contributed by atoms with Crippen LogP contribution < -0.4 is 4.90 Å². The first-order chi connectivity index (χ1) is 11.9. The molecule has 0 N–H and O–H groups in total. The summed E-state index contributed by atoms with van der Waals surface area (Å²) >= 11 is 0. The number of fused-ring (bicyclic) bond motifs is 2. The van der Waals surface area contributed by atoms with Crippen molar-refractivity contribution in [2.75, 3.05) is 31.1 Å². The largest absolute Gasteiger partial charge is 0.378 e. The van der Waals surface area contributed by atoms with Crippen molar-refractivity contribution in [2.24, 2.45) is 17.8 Å². The second kappa shape index (κ2) is 4.19. The SMILES string of the molecule is c1ccc2c(c1)N1CC[C@@H]3OCC[C@@H]4CN5CC[C@]26[C@@H]5C[C@@H]4[C@@H]3[C@H]16. The summed E-state index contributed by atoms with van der Waals surface area (Å²) in [5.74, 6) is 2.57. The van der Waals surface area contributed by atoms with Gasteiger partial charge < -0.3 is 9.64 Å². The molecule has 5 heterocycles. The van der Waals surface area contributed by atoms with Crippen molar-refractivity contribution in [3.63, 3.8) is 0 Å². The number of anilines is 1. The summed E-state index contributed by atoms with van der Waals surface area (Å²) in [4.78, 5) is 5.71. The molecule has 7 atom stereocenters. The Kier molecular flexibility index (Phi) is 2.30. The summed E-state index contributed by atoms with van der Waals surface area (Å²) in [6.45, 7) is 4.88. The van der Waals surface area contributed by atoms with Gasteiger partial charge in [-0.05, 0) is 55.7 Å². The van der Waals surface area contributed by atoms with E-state index >= 15 is 0 Å². The molecular weight excluding hydrogens is 296 g/mol. The van der Waals surface area contributed by atoms with Crippen LogP contribution in [0.15, 0.2) is 24.3 Å². The molecule has 4 saturated heterocycles. The summed E-state index contributed by atoms with van der Waals surface area (Å²) in [7, 11) is 0. The van der Waals surface area contributed by atoms with E-state index in [2.05, 4.69) is 34.1 Å². The molecule has 0 aromatic heterocycles. The molecule has 24 heavy (non-hydrogen) atoms. The molecule has 3 heteroatoms. The maximum Gasteiger partial charge on any atom is 0.0642 e. The third-order valence-electron chi connectivity index (χ3n) is 8.76. The van der Waals surface area contributed by atoms with Crippen LogP contribution in [-0.4, -0.2) is 49.3 Å². The number of piperidine rings is 2. The normalized spacial score (nSPS) is 50.6. The lowest BCUT2D eigenvalue weighted by Crippen LogP contribution is -2.69. The lowest BCUT2D eigenvalue weighted by atomic mass is 9.52. The minimum absolute atomic E-state index is 0.398. The van der Waals surface area contributed by atoms with E-state index in [1.165, 1.54) is 45.3 Å².